The normalized spacial score (nSPS) is 42.7. The van der Waals surface area contributed by atoms with Gasteiger partial charge in [-0.1, -0.05) is 37.9 Å². The molecule has 0 aliphatic heterocycles. The summed E-state index contributed by atoms with van der Waals surface area (Å²) in [6.07, 6.45) is 10.5. The van der Waals surface area contributed by atoms with Crippen LogP contribution in [0.2, 0.25) is 0 Å². The summed E-state index contributed by atoms with van der Waals surface area (Å²) >= 11 is 0. The van der Waals surface area contributed by atoms with Gasteiger partial charge in [0.2, 0.25) is 0 Å². The van der Waals surface area contributed by atoms with Gasteiger partial charge in [-0.25, -0.2) is 9.59 Å². The van der Waals surface area contributed by atoms with Gasteiger partial charge in [-0.05, 0) is 126 Å². The molecule has 0 heterocycles. The van der Waals surface area contributed by atoms with E-state index in [0.717, 1.165) is 77.0 Å². The predicted molar refractivity (Wildman–Crippen MR) is 248 cm³/mol. The fourth-order valence-corrected chi connectivity index (χ4v) is 16.2. The van der Waals surface area contributed by atoms with Crippen LogP contribution in [0.4, 0.5) is 9.59 Å². The van der Waals surface area contributed by atoms with Crippen molar-refractivity contribution in [1.29, 1.82) is 0 Å². The molecule has 0 spiro atoms. The van der Waals surface area contributed by atoms with Crippen molar-refractivity contribution in [3.63, 3.8) is 0 Å². The minimum atomic E-state index is -0.898. The zero-order valence-corrected chi connectivity index (χ0v) is 43.1. The molecule has 8 aliphatic rings. The Morgan fingerprint density at radius 1 is 0.551 bits per heavy atom. The topological polar surface area (TPSA) is 229 Å². The average Bonchev–Trinajstić information content (AvgIpc) is 3.79. The van der Waals surface area contributed by atoms with Gasteiger partial charge in [-0.3, -0.25) is 24.0 Å². The number of carbonyl (C=O) groups excluding carboxylic acids is 7. The molecule has 69 heavy (non-hydrogen) atoms. The Bertz CT molecular complexity index is 1970. The average molecular weight is 973 g/mol. The molecular weight excluding hydrogens is 893 g/mol. The first-order valence-electron chi connectivity index (χ1n) is 25.6. The van der Waals surface area contributed by atoms with E-state index < -0.39 is 29.5 Å². The third-order valence-corrected chi connectivity index (χ3v) is 19.3. The van der Waals surface area contributed by atoms with Crippen LogP contribution in [0, 0.1) is 57.2 Å². The Labute approximate surface area is 407 Å². The van der Waals surface area contributed by atoms with Crippen molar-refractivity contribution in [2.75, 3.05) is 27.4 Å². The number of rotatable bonds is 7. The molecule has 0 aromatic rings. The smallest absolute Gasteiger partial charge is 0.452 e. The molecule has 0 aromatic carbocycles. The SMILES string of the molecule is CCOC(=O)N=NC(=O)OCC.CO[C@]12C[C@@H](O)CC[C@]1(C)C1CC[C@@]3(C)C(CC[C@@H]3OC(C)=O)[C@@H]1CC2=O.CO[C@]12C[C@H](OC(C)=O)CC[C@]1(C)C1CC[C@@]3(C)C(CC[C@@H]3OC(C)=O)[C@@H]1CC2=O. The molecule has 16 atom stereocenters. The van der Waals surface area contributed by atoms with Crippen LogP contribution in [0.3, 0.4) is 0 Å². The molecule has 0 saturated heterocycles. The summed E-state index contributed by atoms with van der Waals surface area (Å²) in [4.78, 5) is 82.8. The largest absolute Gasteiger partial charge is 0.462 e. The van der Waals surface area contributed by atoms with Gasteiger partial charge in [-0.15, -0.1) is 0 Å². The third kappa shape index (κ3) is 9.79. The van der Waals surface area contributed by atoms with Crippen molar-refractivity contribution in [2.24, 2.45) is 67.4 Å². The van der Waals surface area contributed by atoms with Crippen LogP contribution >= 0.6 is 0 Å². The molecule has 8 rings (SSSR count). The highest BCUT2D eigenvalue weighted by Gasteiger charge is 2.70. The number of hydrogen-bond donors (Lipinski definition) is 1. The maximum Gasteiger partial charge on any atom is 0.452 e. The van der Waals surface area contributed by atoms with E-state index in [2.05, 4.69) is 47.4 Å². The van der Waals surface area contributed by atoms with Gasteiger partial charge in [-0.2, -0.15) is 0 Å². The minimum Gasteiger partial charge on any atom is -0.462 e. The molecule has 0 bridgehead atoms. The second kappa shape index (κ2) is 21.1. The van der Waals surface area contributed by atoms with E-state index in [-0.39, 0.29) is 82.7 Å². The van der Waals surface area contributed by atoms with Crippen LogP contribution in [-0.4, -0.2) is 110 Å². The molecule has 0 aromatic heterocycles. The second-order valence-corrected chi connectivity index (χ2v) is 22.3. The van der Waals surface area contributed by atoms with Crippen LogP contribution < -0.4 is 0 Å². The van der Waals surface area contributed by atoms with Gasteiger partial charge in [0, 0.05) is 82.3 Å². The van der Waals surface area contributed by atoms with E-state index >= 15 is 0 Å². The lowest BCUT2D eigenvalue weighted by molar-refractivity contribution is -0.226. The second-order valence-electron chi connectivity index (χ2n) is 22.3. The van der Waals surface area contributed by atoms with Crippen LogP contribution in [-0.2, 0) is 57.1 Å². The van der Waals surface area contributed by atoms with Crippen LogP contribution in [0.5, 0.6) is 0 Å². The number of ether oxygens (including phenoxy) is 7. The lowest BCUT2D eigenvalue weighted by atomic mass is 9.43. The summed E-state index contributed by atoms with van der Waals surface area (Å²) < 4.78 is 37.7. The molecule has 0 radical (unpaired) electrons. The number of fused-ring (bicyclic) bond motifs is 10. The van der Waals surface area contributed by atoms with Crippen molar-refractivity contribution in [1.82, 2.24) is 0 Å². The third-order valence-electron chi connectivity index (χ3n) is 19.3. The monoisotopic (exact) mass is 973 g/mol. The highest BCUT2D eigenvalue weighted by Crippen LogP contribution is 2.69. The number of ketones is 2. The molecule has 4 unspecified atom stereocenters. The number of aliphatic hydroxyl groups is 1. The maximum absolute atomic E-state index is 13.7. The molecule has 388 valence electrons. The van der Waals surface area contributed by atoms with E-state index in [0.29, 0.717) is 61.2 Å². The van der Waals surface area contributed by atoms with Crippen molar-refractivity contribution < 1.29 is 71.8 Å². The summed E-state index contributed by atoms with van der Waals surface area (Å²) in [6, 6.07) is 0. The molecule has 17 nitrogen and oxygen atoms in total. The molecule has 2 amide bonds. The van der Waals surface area contributed by atoms with E-state index in [4.69, 9.17) is 23.7 Å². The van der Waals surface area contributed by atoms with Crippen LogP contribution in [0.15, 0.2) is 10.2 Å². The van der Waals surface area contributed by atoms with E-state index in [9.17, 15) is 38.7 Å². The van der Waals surface area contributed by atoms with Crippen LogP contribution in [0.1, 0.15) is 165 Å². The lowest BCUT2D eigenvalue weighted by Gasteiger charge is -2.63. The predicted octanol–water partition coefficient (Wildman–Crippen LogP) is 8.86. The Hall–Kier alpha value is -3.83. The van der Waals surface area contributed by atoms with Crippen LogP contribution in [0.25, 0.3) is 0 Å². The zero-order chi connectivity index (χ0) is 50.9. The Morgan fingerprint density at radius 2 is 0.957 bits per heavy atom. The minimum absolute atomic E-state index is 0.0221. The van der Waals surface area contributed by atoms with Gasteiger partial charge >= 0.3 is 30.1 Å². The summed E-state index contributed by atoms with van der Waals surface area (Å²) in [6.45, 7) is 17.0. The Morgan fingerprint density at radius 3 is 1.35 bits per heavy atom. The van der Waals surface area contributed by atoms with Crippen molar-refractivity contribution in [2.45, 2.75) is 201 Å². The number of nitrogens with zero attached hydrogens (tertiary/aromatic N) is 2. The number of aliphatic hydroxyl groups excluding tert-OH is 1. The first kappa shape index (κ1) is 54.5. The summed E-state index contributed by atoms with van der Waals surface area (Å²) in [5, 5.41) is 16.1. The first-order valence-corrected chi connectivity index (χ1v) is 25.6. The van der Waals surface area contributed by atoms with Gasteiger partial charge in [0.05, 0.1) is 19.3 Å². The van der Waals surface area contributed by atoms with Gasteiger partial charge in [0.25, 0.3) is 0 Å². The molecule has 8 fully saturated rings. The highest BCUT2D eigenvalue weighted by atomic mass is 16.6. The van der Waals surface area contributed by atoms with Gasteiger partial charge < -0.3 is 38.3 Å². The van der Waals surface area contributed by atoms with E-state index in [1.165, 1.54) is 20.8 Å². The summed E-state index contributed by atoms with van der Waals surface area (Å²) in [5.74, 6) is 1.89. The standard InChI is InChI=1S/C24H36O6.C22H34O5.C6H10N2O4/c1-14(25)29-16-8-11-23(4)19-9-10-22(3)18(6-7-21(22)30-15(2)26)17(19)12-20(27)24(23,13-16)28-5;1-13(23)27-19-6-5-16-15-11-18(25)22(26-4)12-14(24)7-10-21(22,3)17(15)8-9-20(16,19)2;1-3-11-5(9)7-8-6(10)12-4-2/h16-19,21H,6-13H2,1-5H3;14-17,19,24H,5-12H2,1-4H3;3-4H2,1-2H3/t16-,17+,18?,19?,21+,22+,23-,24+;14-,15-,16?,17?,19-,20-,21+,22-;/m10./s1. The Kier molecular flexibility index (Phi) is 16.7. The molecule has 1 N–H and O–H groups in total. The lowest BCUT2D eigenvalue weighted by Crippen LogP contribution is -2.68. The van der Waals surface area contributed by atoms with Gasteiger partial charge in [0.1, 0.15) is 29.5 Å². The number of Topliss-reactive ketones (excluding diaryl/α,β-unsaturated/α-hetero) is 2. The highest BCUT2D eigenvalue weighted by molar-refractivity contribution is 5.91. The number of carbonyl (C=O) groups is 7. The quantitative estimate of drug-likeness (QED) is 0.143. The summed E-state index contributed by atoms with van der Waals surface area (Å²) in [5.41, 5.74) is -2.28. The maximum atomic E-state index is 13.7. The molecule has 8 aliphatic carbocycles. The first-order chi connectivity index (χ1) is 32.4. The number of amides is 2. The number of esters is 3. The van der Waals surface area contributed by atoms with E-state index in [1.54, 1.807) is 28.1 Å². The van der Waals surface area contributed by atoms with Gasteiger partial charge in [0.15, 0.2) is 11.6 Å². The fourth-order valence-electron chi connectivity index (χ4n) is 16.2. The molecule has 17 heteroatoms. The molecule has 8 saturated carbocycles. The van der Waals surface area contributed by atoms with Crippen molar-refractivity contribution in [3.8, 4) is 0 Å². The summed E-state index contributed by atoms with van der Waals surface area (Å²) in [7, 11) is 3.29. The Balaban J connectivity index is 0.000000185. The molecular formula is C52H80N2O15. The van der Waals surface area contributed by atoms with Crippen molar-refractivity contribution in [3.05, 3.63) is 0 Å². The number of hydrogen-bond acceptors (Lipinski definition) is 15. The fraction of sp³-hybridized carbons (Fsp3) is 0.865. The number of azo groups is 1. The zero-order valence-electron chi connectivity index (χ0n) is 43.1. The van der Waals surface area contributed by atoms with E-state index in [1.807, 2.05) is 0 Å². The number of methoxy groups -OCH3 is 2. The van der Waals surface area contributed by atoms with Crippen molar-refractivity contribution >= 4 is 41.7 Å².